The second-order valence-electron chi connectivity index (χ2n) is 8.62. The molecule has 0 aliphatic carbocycles. The Balaban J connectivity index is 1.87. The summed E-state index contributed by atoms with van der Waals surface area (Å²) in [6.07, 6.45) is 5.22. The van der Waals surface area contributed by atoms with E-state index < -0.39 is 0 Å². The van der Waals surface area contributed by atoms with Gasteiger partial charge in [0, 0.05) is 25.1 Å². The van der Waals surface area contributed by atoms with Gasteiger partial charge in [-0.2, -0.15) is 0 Å². The monoisotopic (exact) mass is 296 g/mol. The number of piperidine rings is 1. The molecule has 0 aromatic heterocycles. The van der Waals surface area contributed by atoms with Gasteiger partial charge in [0.05, 0.1) is 6.61 Å². The molecule has 0 aromatic rings. The van der Waals surface area contributed by atoms with Crippen LogP contribution < -0.4 is 5.32 Å². The van der Waals surface area contributed by atoms with Gasteiger partial charge in [-0.1, -0.05) is 27.7 Å². The van der Waals surface area contributed by atoms with Crippen molar-refractivity contribution < 1.29 is 4.74 Å². The Morgan fingerprint density at radius 1 is 1.14 bits per heavy atom. The molecule has 0 aromatic carbocycles. The molecule has 0 bridgehead atoms. The van der Waals surface area contributed by atoms with Gasteiger partial charge in [0.15, 0.2) is 0 Å². The summed E-state index contributed by atoms with van der Waals surface area (Å²) in [7, 11) is 0. The van der Waals surface area contributed by atoms with Crippen molar-refractivity contribution in [3.63, 3.8) is 0 Å². The lowest BCUT2D eigenvalue weighted by Gasteiger charge is -2.44. The van der Waals surface area contributed by atoms with Crippen LogP contribution in [0.2, 0.25) is 0 Å². The largest absolute Gasteiger partial charge is 0.381 e. The number of likely N-dealkylation sites (tertiary alicyclic amines) is 1. The number of nitrogens with one attached hydrogen (secondary N) is 1. The Morgan fingerprint density at radius 2 is 1.86 bits per heavy atom. The smallest absolute Gasteiger partial charge is 0.0546 e. The zero-order chi connectivity index (χ0) is 15.3. The van der Waals surface area contributed by atoms with Gasteiger partial charge in [-0.25, -0.2) is 0 Å². The number of hydrogen-bond acceptors (Lipinski definition) is 3. The summed E-state index contributed by atoms with van der Waals surface area (Å²) in [4.78, 5) is 2.69. The number of hydrogen-bond donors (Lipinski definition) is 1. The molecule has 0 amide bonds. The molecule has 21 heavy (non-hydrogen) atoms. The predicted molar refractivity (Wildman–Crippen MR) is 89.6 cm³/mol. The third kappa shape index (κ3) is 5.54. The van der Waals surface area contributed by atoms with Crippen LogP contribution in [0.3, 0.4) is 0 Å². The maximum atomic E-state index is 5.86. The highest BCUT2D eigenvalue weighted by atomic mass is 16.5. The Bertz CT molecular complexity index is 298. The van der Waals surface area contributed by atoms with E-state index in [0.717, 1.165) is 32.2 Å². The van der Waals surface area contributed by atoms with Crippen molar-refractivity contribution in [3.8, 4) is 0 Å². The highest BCUT2D eigenvalue weighted by Crippen LogP contribution is 2.34. The maximum Gasteiger partial charge on any atom is 0.0546 e. The number of rotatable bonds is 6. The Kier molecular flexibility index (Phi) is 6.10. The van der Waals surface area contributed by atoms with Crippen molar-refractivity contribution in [3.05, 3.63) is 0 Å². The van der Waals surface area contributed by atoms with Crippen LogP contribution in [-0.4, -0.2) is 50.8 Å². The van der Waals surface area contributed by atoms with E-state index in [9.17, 15) is 0 Å². The van der Waals surface area contributed by atoms with Crippen LogP contribution in [0.15, 0.2) is 0 Å². The molecule has 2 rings (SSSR count). The summed E-state index contributed by atoms with van der Waals surface area (Å²) in [6, 6.07) is 0. The van der Waals surface area contributed by atoms with E-state index >= 15 is 0 Å². The Labute approximate surface area is 131 Å². The molecule has 3 nitrogen and oxygen atoms in total. The molecule has 2 aliphatic rings. The van der Waals surface area contributed by atoms with Crippen LogP contribution in [0.1, 0.15) is 53.4 Å². The minimum atomic E-state index is 0.342. The van der Waals surface area contributed by atoms with Gasteiger partial charge >= 0.3 is 0 Å². The summed E-state index contributed by atoms with van der Waals surface area (Å²) in [5.74, 6) is 0.724. The number of ether oxygens (including phenoxy) is 1. The van der Waals surface area contributed by atoms with Crippen LogP contribution >= 0.6 is 0 Å². The van der Waals surface area contributed by atoms with E-state index in [-0.39, 0.29) is 0 Å². The molecule has 2 aliphatic heterocycles. The van der Waals surface area contributed by atoms with Gasteiger partial charge < -0.3 is 15.0 Å². The molecule has 2 saturated heterocycles. The number of nitrogens with zero attached hydrogens (tertiary/aromatic N) is 1. The first-order chi connectivity index (χ1) is 9.91. The molecule has 2 fully saturated rings. The highest BCUT2D eigenvalue weighted by Gasteiger charge is 2.36. The molecule has 1 N–H and O–H groups in total. The van der Waals surface area contributed by atoms with Crippen LogP contribution in [0.4, 0.5) is 0 Å². The summed E-state index contributed by atoms with van der Waals surface area (Å²) in [5.41, 5.74) is 0.886. The van der Waals surface area contributed by atoms with Crippen molar-refractivity contribution >= 4 is 0 Å². The van der Waals surface area contributed by atoms with Crippen molar-refractivity contribution in [2.24, 2.45) is 16.7 Å². The average molecular weight is 296 g/mol. The SMILES string of the molecule is CC(C)CNCC1(CN2CCC(C)(C)CC2)CCCOC1. The van der Waals surface area contributed by atoms with E-state index in [0.29, 0.717) is 10.8 Å². The molecule has 0 saturated carbocycles. The van der Waals surface area contributed by atoms with Crippen molar-refractivity contribution in [2.75, 3.05) is 45.9 Å². The lowest BCUT2D eigenvalue weighted by atomic mass is 9.79. The van der Waals surface area contributed by atoms with Crippen LogP contribution in [0.5, 0.6) is 0 Å². The van der Waals surface area contributed by atoms with Gasteiger partial charge in [-0.3, -0.25) is 0 Å². The fourth-order valence-corrected chi connectivity index (χ4v) is 3.65. The molecule has 124 valence electrons. The predicted octanol–water partition coefficient (Wildman–Crippen LogP) is 3.15. The third-order valence-electron chi connectivity index (χ3n) is 5.23. The first-order valence-electron chi connectivity index (χ1n) is 8.92. The summed E-state index contributed by atoms with van der Waals surface area (Å²) >= 11 is 0. The molecule has 0 radical (unpaired) electrons. The fraction of sp³-hybridized carbons (Fsp3) is 1.00. The van der Waals surface area contributed by atoms with E-state index in [1.54, 1.807) is 0 Å². The van der Waals surface area contributed by atoms with Crippen molar-refractivity contribution in [1.29, 1.82) is 0 Å². The van der Waals surface area contributed by atoms with Gasteiger partial charge in [-0.05, 0) is 56.7 Å². The first-order valence-corrected chi connectivity index (χ1v) is 8.92. The van der Waals surface area contributed by atoms with Crippen LogP contribution in [-0.2, 0) is 4.74 Å². The van der Waals surface area contributed by atoms with Gasteiger partial charge in [0.2, 0.25) is 0 Å². The maximum absolute atomic E-state index is 5.86. The standard InChI is InChI=1S/C18H36N2O/c1-16(2)12-19-13-18(6-5-11-21-15-18)14-20-9-7-17(3,4)8-10-20/h16,19H,5-15H2,1-4H3. The third-order valence-corrected chi connectivity index (χ3v) is 5.23. The molecular weight excluding hydrogens is 260 g/mol. The lowest BCUT2D eigenvalue weighted by molar-refractivity contribution is -0.0339. The van der Waals surface area contributed by atoms with Gasteiger partial charge in [0.25, 0.3) is 0 Å². The van der Waals surface area contributed by atoms with E-state index in [1.165, 1.54) is 45.3 Å². The van der Waals surface area contributed by atoms with Crippen LogP contribution in [0, 0.1) is 16.7 Å². The minimum Gasteiger partial charge on any atom is -0.381 e. The molecule has 2 heterocycles. The second kappa shape index (κ2) is 7.43. The van der Waals surface area contributed by atoms with E-state index in [4.69, 9.17) is 4.74 Å². The Hall–Kier alpha value is -0.120. The van der Waals surface area contributed by atoms with Gasteiger partial charge in [0.1, 0.15) is 0 Å². The van der Waals surface area contributed by atoms with Crippen molar-refractivity contribution in [2.45, 2.75) is 53.4 Å². The summed E-state index contributed by atoms with van der Waals surface area (Å²) in [6.45, 7) is 17.3. The van der Waals surface area contributed by atoms with Crippen LogP contribution in [0.25, 0.3) is 0 Å². The van der Waals surface area contributed by atoms with Crippen molar-refractivity contribution in [1.82, 2.24) is 10.2 Å². The minimum absolute atomic E-state index is 0.342. The lowest BCUT2D eigenvalue weighted by Crippen LogP contribution is -2.51. The zero-order valence-corrected chi connectivity index (χ0v) is 14.7. The van der Waals surface area contributed by atoms with Gasteiger partial charge in [-0.15, -0.1) is 0 Å². The Morgan fingerprint density at radius 3 is 2.43 bits per heavy atom. The van der Waals surface area contributed by atoms with E-state index in [1.807, 2.05) is 0 Å². The summed E-state index contributed by atoms with van der Waals surface area (Å²) in [5, 5.41) is 3.69. The topological polar surface area (TPSA) is 24.5 Å². The zero-order valence-electron chi connectivity index (χ0n) is 14.7. The fourth-order valence-electron chi connectivity index (χ4n) is 3.65. The van der Waals surface area contributed by atoms with E-state index in [2.05, 4.69) is 37.9 Å². The average Bonchev–Trinajstić information content (AvgIpc) is 2.42. The first kappa shape index (κ1) is 17.2. The molecule has 0 spiro atoms. The summed E-state index contributed by atoms with van der Waals surface area (Å²) < 4.78 is 5.86. The molecule has 1 atom stereocenters. The molecule has 3 heteroatoms. The quantitative estimate of drug-likeness (QED) is 0.815. The normalized spacial score (nSPS) is 30.7. The highest BCUT2D eigenvalue weighted by molar-refractivity contribution is 4.89. The second-order valence-corrected chi connectivity index (χ2v) is 8.62. The molecular formula is C18H36N2O. The molecule has 1 unspecified atom stereocenters.